The van der Waals surface area contributed by atoms with E-state index in [0.717, 1.165) is 40.8 Å². The molecule has 0 N–H and O–H groups in total. The molecule has 1 aromatic heterocycles. The number of fused-ring (bicyclic) bond motifs is 7. The van der Waals surface area contributed by atoms with Gasteiger partial charge in [0.25, 0.3) is 6.71 Å². The number of anilines is 6. The Bertz CT molecular complexity index is 3280. The first-order chi connectivity index (χ1) is 32.1. The quantitative estimate of drug-likeness (QED) is 0.161. The van der Waals surface area contributed by atoms with Gasteiger partial charge in [-0.15, -0.1) is 0 Å². The highest BCUT2D eigenvalue weighted by atomic mass is 16.3. The Morgan fingerprint density at radius 1 is 0.515 bits per heavy atom. The fourth-order valence-electron chi connectivity index (χ4n) is 11.8. The van der Waals surface area contributed by atoms with Crippen LogP contribution in [0.25, 0.3) is 22.1 Å². The van der Waals surface area contributed by atoms with Gasteiger partial charge in [-0.3, -0.25) is 0 Å². The molecule has 0 atom stereocenters. The van der Waals surface area contributed by atoms with Gasteiger partial charge in [-0.1, -0.05) is 174 Å². The normalized spacial score (nSPS) is 16.0. The monoisotopic (exact) mass is 891 g/mol. The van der Waals surface area contributed by atoms with E-state index in [4.69, 9.17) is 4.42 Å². The molecular formula is C64H67BN2O. The highest BCUT2D eigenvalue weighted by Crippen LogP contribution is 2.53. The third-order valence-electron chi connectivity index (χ3n) is 16.2. The van der Waals surface area contributed by atoms with Gasteiger partial charge in [-0.25, -0.2) is 0 Å². The molecule has 0 spiro atoms. The summed E-state index contributed by atoms with van der Waals surface area (Å²) in [5, 5.41) is 1.14. The van der Waals surface area contributed by atoms with Crippen molar-refractivity contribution in [2.24, 2.45) is 0 Å². The predicted molar refractivity (Wildman–Crippen MR) is 292 cm³/mol. The van der Waals surface area contributed by atoms with Crippen molar-refractivity contribution in [3.63, 3.8) is 0 Å². The second-order valence-corrected chi connectivity index (χ2v) is 24.2. The second-order valence-electron chi connectivity index (χ2n) is 24.2. The van der Waals surface area contributed by atoms with Gasteiger partial charge in [0.2, 0.25) is 0 Å². The van der Waals surface area contributed by atoms with Gasteiger partial charge in [0.1, 0.15) is 5.58 Å². The van der Waals surface area contributed by atoms with Crippen LogP contribution in [0.5, 0.6) is 0 Å². The van der Waals surface area contributed by atoms with Gasteiger partial charge < -0.3 is 14.2 Å². The maximum atomic E-state index is 7.49. The summed E-state index contributed by atoms with van der Waals surface area (Å²) < 4.78 is 7.49. The van der Waals surface area contributed by atoms with E-state index in [0.29, 0.717) is 0 Å². The van der Waals surface area contributed by atoms with Crippen LogP contribution < -0.4 is 26.4 Å². The van der Waals surface area contributed by atoms with E-state index in [2.05, 4.69) is 245 Å². The van der Waals surface area contributed by atoms with Crippen molar-refractivity contribution in [3.8, 4) is 11.1 Å². The fourth-order valence-corrected chi connectivity index (χ4v) is 11.8. The molecule has 0 unspecified atom stereocenters. The molecule has 0 saturated carbocycles. The van der Waals surface area contributed by atoms with Crippen LogP contribution in [-0.4, -0.2) is 6.71 Å². The van der Waals surface area contributed by atoms with Gasteiger partial charge in [0, 0.05) is 39.1 Å². The lowest BCUT2D eigenvalue weighted by Crippen LogP contribution is -2.61. The predicted octanol–water partition coefficient (Wildman–Crippen LogP) is 15.8. The molecular weight excluding hydrogens is 824 g/mol. The summed E-state index contributed by atoms with van der Waals surface area (Å²) in [4.78, 5) is 5.18. The van der Waals surface area contributed by atoms with Crippen molar-refractivity contribution in [2.45, 2.75) is 130 Å². The summed E-state index contributed by atoms with van der Waals surface area (Å²) in [6.45, 7) is 30.5. The van der Waals surface area contributed by atoms with Crippen molar-refractivity contribution < 1.29 is 4.42 Å². The molecule has 3 heterocycles. The lowest BCUT2D eigenvalue weighted by atomic mass is 9.35. The van der Waals surface area contributed by atoms with E-state index >= 15 is 0 Å². The van der Waals surface area contributed by atoms with E-state index in [-0.39, 0.29) is 33.8 Å². The maximum absolute atomic E-state index is 7.49. The summed E-state index contributed by atoms with van der Waals surface area (Å²) in [5.74, 6) is 0. The zero-order chi connectivity index (χ0) is 47.9. The molecule has 3 nitrogen and oxygen atoms in total. The fraction of sp³-hybridized carbons (Fsp3) is 0.312. The third kappa shape index (κ3) is 6.91. The van der Waals surface area contributed by atoms with Crippen LogP contribution in [0.3, 0.4) is 0 Å². The van der Waals surface area contributed by atoms with Crippen LogP contribution in [0.4, 0.5) is 34.1 Å². The molecule has 11 rings (SSSR count). The molecule has 8 aromatic rings. The molecule has 68 heavy (non-hydrogen) atoms. The van der Waals surface area contributed by atoms with Crippen molar-refractivity contribution in [3.05, 3.63) is 185 Å². The first kappa shape index (κ1) is 44.3. The van der Waals surface area contributed by atoms with E-state index in [9.17, 15) is 0 Å². The van der Waals surface area contributed by atoms with Crippen LogP contribution in [0.2, 0.25) is 0 Å². The Labute approximate surface area is 406 Å². The maximum Gasteiger partial charge on any atom is 0.297 e. The van der Waals surface area contributed by atoms with Crippen molar-refractivity contribution in [1.82, 2.24) is 0 Å². The van der Waals surface area contributed by atoms with E-state index < -0.39 is 0 Å². The van der Waals surface area contributed by atoms with Gasteiger partial charge in [0.15, 0.2) is 0 Å². The largest absolute Gasteiger partial charge is 0.468 e. The molecule has 0 amide bonds. The first-order valence-corrected chi connectivity index (χ1v) is 25.0. The van der Waals surface area contributed by atoms with Gasteiger partial charge >= 0.3 is 0 Å². The minimum Gasteiger partial charge on any atom is -0.468 e. The molecule has 7 aromatic carbocycles. The Kier molecular flexibility index (Phi) is 9.84. The third-order valence-corrected chi connectivity index (χ3v) is 16.2. The minimum absolute atomic E-state index is 0.00871. The average molecular weight is 891 g/mol. The van der Waals surface area contributed by atoms with Crippen LogP contribution in [0.1, 0.15) is 135 Å². The Morgan fingerprint density at radius 2 is 1.09 bits per heavy atom. The van der Waals surface area contributed by atoms with Crippen molar-refractivity contribution in [1.29, 1.82) is 0 Å². The van der Waals surface area contributed by atoms with Crippen LogP contribution >= 0.6 is 0 Å². The molecule has 0 radical (unpaired) electrons. The smallest absolute Gasteiger partial charge is 0.297 e. The number of furan rings is 1. The highest BCUT2D eigenvalue weighted by molar-refractivity contribution is 7.00. The minimum atomic E-state index is -0.233. The number of benzene rings is 7. The van der Waals surface area contributed by atoms with Crippen LogP contribution in [-0.2, 0) is 27.1 Å². The Balaban J connectivity index is 1.26. The second kappa shape index (κ2) is 15.1. The van der Waals surface area contributed by atoms with Crippen molar-refractivity contribution in [2.75, 3.05) is 9.80 Å². The van der Waals surface area contributed by atoms with Crippen LogP contribution in [0, 0.1) is 6.92 Å². The molecule has 0 bridgehead atoms. The summed E-state index contributed by atoms with van der Waals surface area (Å²) in [7, 11) is 0. The molecule has 342 valence electrons. The summed E-state index contributed by atoms with van der Waals surface area (Å²) >= 11 is 0. The number of rotatable bonds is 5. The lowest BCUT2D eigenvalue weighted by Gasteiger charge is -2.47. The zero-order valence-corrected chi connectivity index (χ0v) is 42.7. The van der Waals surface area contributed by atoms with E-state index in [1.165, 1.54) is 83.7 Å². The summed E-state index contributed by atoms with van der Waals surface area (Å²) in [6.07, 6.45) is 2.28. The molecule has 0 fully saturated rings. The molecule has 2 aliphatic heterocycles. The first-order valence-electron chi connectivity index (χ1n) is 25.0. The van der Waals surface area contributed by atoms with Crippen molar-refractivity contribution >= 4 is 68.4 Å². The number of aryl methyl sites for hydroxylation is 1. The molecule has 3 aliphatic rings. The van der Waals surface area contributed by atoms with Gasteiger partial charge in [0.05, 0.1) is 17.0 Å². The SMILES string of the molecule is Cc1cc2c3c(c1)N(c1ccc(C(C)(C)C)cc1)c1c(oc4ccc(C(C)(C)c5ccccc5)cc14)B3c1cc3c(cc1N2c1ccc(C(C)(C)C)cc1-c1ccccc1)C(C)(C)CCC3(C)C. The van der Waals surface area contributed by atoms with E-state index in [1.807, 2.05) is 0 Å². The lowest BCUT2D eigenvalue weighted by molar-refractivity contribution is 0.332. The Morgan fingerprint density at radius 3 is 1.72 bits per heavy atom. The van der Waals surface area contributed by atoms with E-state index in [1.54, 1.807) is 0 Å². The van der Waals surface area contributed by atoms with Crippen LogP contribution in [0.15, 0.2) is 150 Å². The highest BCUT2D eigenvalue weighted by Gasteiger charge is 2.49. The molecule has 4 heteroatoms. The zero-order valence-electron chi connectivity index (χ0n) is 42.7. The average Bonchev–Trinajstić information content (AvgIpc) is 3.68. The Hall–Kier alpha value is -6.26. The summed E-state index contributed by atoms with van der Waals surface area (Å²) in [5.41, 5.74) is 23.2. The summed E-state index contributed by atoms with van der Waals surface area (Å²) in [6, 6.07) is 55.6. The van der Waals surface area contributed by atoms with Gasteiger partial charge in [-0.2, -0.15) is 0 Å². The molecule has 0 saturated heterocycles. The topological polar surface area (TPSA) is 19.6 Å². The standard InChI is InChI=1S/C64H67BN2O/c1-40-34-54-57-55(35-40)67(52-30-26-44(61(5,6)7)36-47(52)41-20-16-14-17-21-41)53-39-50-49(62(8,9)32-33-63(50,10)11)38-51(53)65(57)59-58(66(54)46-28-24-42(25-29-46)60(2,3)4)48-37-45(27-31-56(48)68-59)64(12,13)43-22-18-15-19-23-43/h14-31,34-39H,32-33H2,1-13H3. The number of hydrogen-bond donors (Lipinski definition) is 0. The van der Waals surface area contributed by atoms with Gasteiger partial charge in [-0.05, 0) is 151 Å². The molecule has 1 aliphatic carbocycles. The number of hydrogen-bond acceptors (Lipinski definition) is 3. The number of nitrogens with zero attached hydrogens (tertiary/aromatic N) is 2.